The Labute approximate surface area is 74.8 Å². The van der Waals surface area contributed by atoms with E-state index in [1.807, 2.05) is 0 Å². The van der Waals surface area contributed by atoms with Gasteiger partial charge in [0.05, 0.1) is 17.6 Å². The maximum absolute atomic E-state index is 9.45. The van der Waals surface area contributed by atoms with Crippen molar-refractivity contribution in [3.8, 4) is 0 Å². The molecule has 1 aromatic rings. The molecule has 0 aromatic heterocycles. The number of hydrogen-bond acceptors (Lipinski definition) is 5. The highest BCUT2D eigenvalue weighted by atomic mass is 16.5. The Hall–Kier alpha value is -1.72. The van der Waals surface area contributed by atoms with Crippen molar-refractivity contribution in [3.63, 3.8) is 0 Å². The van der Waals surface area contributed by atoms with Gasteiger partial charge in [0.1, 0.15) is 5.82 Å². The number of nitrogens with two attached hydrogens (primary N) is 1. The molecule has 0 amide bonds. The second kappa shape index (κ2) is 2.65. The first-order valence-corrected chi connectivity index (χ1v) is 3.73. The largest absolute Gasteiger partial charge is 0.382 e. The topological polar surface area (TPSA) is 73.0 Å². The molecule has 0 bridgehead atoms. The number of para-hydroxylation sites is 2. The maximum Gasteiger partial charge on any atom is 0.148 e. The third-order valence-corrected chi connectivity index (χ3v) is 1.86. The van der Waals surface area contributed by atoms with Gasteiger partial charge in [0.2, 0.25) is 0 Å². The fraction of sp³-hybridized carbons (Fsp3) is 0. The Bertz CT molecular complexity index is 364. The van der Waals surface area contributed by atoms with Crippen molar-refractivity contribution in [2.45, 2.75) is 0 Å². The summed E-state index contributed by atoms with van der Waals surface area (Å²) >= 11 is 0. The molecule has 0 unspecified atom stereocenters. The zero-order valence-corrected chi connectivity index (χ0v) is 6.75. The van der Waals surface area contributed by atoms with Crippen molar-refractivity contribution < 1.29 is 10.4 Å². The standard InChI is InChI=1S/C8H9N3O2/c9-8-5-10(12)6-3-1-2-4-7(6)11(8)13/h1-5,12-13H,9H2. The first-order valence-electron chi connectivity index (χ1n) is 3.73. The summed E-state index contributed by atoms with van der Waals surface area (Å²) in [7, 11) is 0. The van der Waals surface area contributed by atoms with Crippen LogP contribution in [0.5, 0.6) is 0 Å². The third kappa shape index (κ3) is 1.10. The SMILES string of the molecule is NC1=CN(O)c2ccccc2N1O. The minimum Gasteiger partial charge on any atom is -0.382 e. The van der Waals surface area contributed by atoms with Gasteiger partial charge in [0, 0.05) is 0 Å². The highest BCUT2D eigenvalue weighted by Gasteiger charge is 2.19. The molecule has 1 aliphatic rings. The average Bonchev–Trinajstić information content (AvgIpc) is 2.15. The van der Waals surface area contributed by atoms with Crippen LogP contribution in [0.25, 0.3) is 0 Å². The van der Waals surface area contributed by atoms with Crippen LogP contribution in [0.3, 0.4) is 0 Å². The molecule has 0 atom stereocenters. The smallest absolute Gasteiger partial charge is 0.148 e. The van der Waals surface area contributed by atoms with E-state index >= 15 is 0 Å². The van der Waals surface area contributed by atoms with Crippen LogP contribution < -0.4 is 15.9 Å². The van der Waals surface area contributed by atoms with Crippen LogP contribution in [0.15, 0.2) is 36.3 Å². The molecule has 2 rings (SSSR count). The molecule has 1 aromatic carbocycles. The lowest BCUT2D eigenvalue weighted by atomic mass is 10.2. The molecule has 4 N–H and O–H groups in total. The summed E-state index contributed by atoms with van der Waals surface area (Å²) in [4.78, 5) is 0. The van der Waals surface area contributed by atoms with E-state index in [0.717, 1.165) is 10.1 Å². The van der Waals surface area contributed by atoms with Gasteiger partial charge in [-0.3, -0.25) is 10.4 Å². The van der Waals surface area contributed by atoms with Crippen molar-refractivity contribution in [3.05, 3.63) is 36.3 Å². The minimum absolute atomic E-state index is 0.0706. The molecule has 1 aliphatic heterocycles. The van der Waals surface area contributed by atoms with E-state index in [9.17, 15) is 10.4 Å². The van der Waals surface area contributed by atoms with Crippen molar-refractivity contribution in [1.82, 2.24) is 0 Å². The molecule has 5 heteroatoms. The van der Waals surface area contributed by atoms with Gasteiger partial charge in [-0.05, 0) is 12.1 Å². The third-order valence-electron chi connectivity index (χ3n) is 1.86. The van der Waals surface area contributed by atoms with Crippen molar-refractivity contribution in [2.75, 3.05) is 10.1 Å². The van der Waals surface area contributed by atoms with Gasteiger partial charge in [0.15, 0.2) is 0 Å². The predicted octanol–water partition coefficient (Wildman–Crippen LogP) is 0.849. The lowest BCUT2D eigenvalue weighted by Crippen LogP contribution is -2.32. The lowest BCUT2D eigenvalue weighted by Gasteiger charge is -2.28. The molecule has 1 heterocycles. The van der Waals surface area contributed by atoms with Gasteiger partial charge in [-0.1, -0.05) is 12.1 Å². The second-order valence-electron chi connectivity index (χ2n) is 2.70. The van der Waals surface area contributed by atoms with E-state index in [2.05, 4.69) is 0 Å². The molecule has 0 spiro atoms. The fourth-order valence-corrected chi connectivity index (χ4v) is 1.23. The summed E-state index contributed by atoms with van der Waals surface area (Å²) in [5, 5.41) is 20.5. The van der Waals surface area contributed by atoms with E-state index in [4.69, 9.17) is 5.73 Å². The van der Waals surface area contributed by atoms with E-state index in [-0.39, 0.29) is 5.82 Å². The molecule has 68 valence electrons. The maximum atomic E-state index is 9.45. The van der Waals surface area contributed by atoms with Crippen LogP contribution in [0.4, 0.5) is 11.4 Å². The highest BCUT2D eigenvalue weighted by molar-refractivity contribution is 5.74. The first-order chi connectivity index (χ1) is 6.20. The molecule has 0 fully saturated rings. The number of fused-ring (bicyclic) bond motifs is 1. The summed E-state index contributed by atoms with van der Waals surface area (Å²) in [5.74, 6) is 0.0706. The summed E-state index contributed by atoms with van der Waals surface area (Å²) < 4.78 is 0. The highest BCUT2D eigenvalue weighted by Crippen LogP contribution is 2.32. The Kier molecular flexibility index (Phi) is 1.61. The first kappa shape index (κ1) is 7.90. The molecule has 0 radical (unpaired) electrons. The summed E-state index contributed by atoms with van der Waals surface area (Å²) in [6, 6.07) is 6.82. The molecule has 13 heavy (non-hydrogen) atoms. The molecule has 5 nitrogen and oxygen atoms in total. The number of nitrogens with zero attached hydrogens (tertiary/aromatic N) is 2. The monoisotopic (exact) mass is 179 g/mol. The van der Waals surface area contributed by atoms with Crippen LogP contribution in [-0.2, 0) is 0 Å². The van der Waals surface area contributed by atoms with Gasteiger partial charge in [-0.15, -0.1) is 0 Å². The Morgan fingerprint density at radius 3 is 2.38 bits per heavy atom. The molecular weight excluding hydrogens is 170 g/mol. The van der Waals surface area contributed by atoms with E-state index in [1.54, 1.807) is 24.3 Å². The predicted molar refractivity (Wildman–Crippen MR) is 47.2 cm³/mol. The number of hydroxylamine groups is 2. The average molecular weight is 179 g/mol. The lowest BCUT2D eigenvalue weighted by molar-refractivity contribution is 0.256. The number of benzene rings is 1. The zero-order chi connectivity index (χ0) is 9.42. The molecular formula is C8H9N3O2. The van der Waals surface area contributed by atoms with Crippen molar-refractivity contribution in [2.24, 2.45) is 5.73 Å². The zero-order valence-electron chi connectivity index (χ0n) is 6.75. The molecule has 0 saturated carbocycles. The van der Waals surface area contributed by atoms with Crippen LogP contribution in [0, 0.1) is 0 Å². The van der Waals surface area contributed by atoms with Crippen LogP contribution >= 0.6 is 0 Å². The van der Waals surface area contributed by atoms with E-state index in [0.29, 0.717) is 11.4 Å². The fourth-order valence-electron chi connectivity index (χ4n) is 1.23. The Morgan fingerprint density at radius 2 is 1.69 bits per heavy atom. The van der Waals surface area contributed by atoms with Gasteiger partial charge < -0.3 is 5.73 Å². The van der Waals surface area contributed by atoms with Gasteiger partial charge in [-0.2, -0.15) is 0 Å². The summed E-state index contributed by atoms with van der Waals surface area (Å²) in [6.07, 6.45) is 1.22. The van der Waals surface area contributed by atoms with Crippen molar-refractivity contribution >= 4 is 11.4 Å². The van der Waals surface area contributed by atoms with Gasteiger partial charge in [0.25, 0.3) is 0 Å². The Morgan fingerprint density at radius 1 is 1.08 bits per heavy atom. The van der Waals surface area contributed by atoms with E-state index < -0.39 is 0 Å². The number of anilines is 2. The number of rotatable bonds is 0. The van der Waals surface area contributed by atoms with Crippen LogP contribution in [0.2, 0.25) is 0 Å². The normalized spacial score (nSPS) is 15.4. The second-order valence-corrected chi connectivity index (χ2v) is 2.70. The van der Waals surface area contributed by atoms with Crippen LogP contribution in [0.1, 0.15) is 0 Å². The summed E-state index contributed by atoms with van der Waals surface area (Å²) in [5.41, 5.74) is 6.35. The quantitative estimate of drug-likeness (QED) is 0.550. The van der Waals surface area contributed by atoms with Crippen molar-refractivity contribution in [1.29, 1.82) is 0 Å². The molecule has 0 aliphatic carbocycles. The summed E-state index contributed by atoms with van der Waals surface area (Å²) in [6.45, 7) is 0. The minimum atomic E-state index is 0.0706. The van der Waals surface area contributed by atoms with Gasteiger partial charge in [-0.25, -0.2) is 10.1 Å². The number of hydrogen-bond donors (Lipinski definition) is 3. The van der Waals surface area contributed by atoms with Gasteiger partial charge >= 0.3 is 0 Å². The van der Waals surface area contributed by atoms with Crippen LogP contribution in [-0.4, -0.2) is 10.4 Å². The molecule has 0 saturated heterocycles. The van der Waals surface area contributed by atoms with E-state index in [1.165, 1.54) is 6.20 Å². The Balaban J connectivity index is 2.55.